The van der Waals surface area contributed by atoms with Crippen LogP contribution in [0, 0.1) is 0 Å². The van der Waals surface area contributed by atoms with Gasteiger partial charge < -0.3 is 11.1 Å². The van der Waals surface area contributed by atoms with Crippen molar-refractivity contribution in [3.05, 3.63) is 41.3 Å². The van der Waals surface area contributed by atoms with Gasteiger partial charge in [-0.25, -0.2) is 9.97 Å². The lowest BCUT2D eigenvalue weighted by molar-refractivity contribution is 0.701. The maximum absolute atomic E-state index is 5.72. The van der Waals surface area contributed by atoms with E-state index < -0.39 is 0 Å². The first-order valence-corrected chi connectivity index (χ1v) is 8.29. The summed E-state index contributed by atoms with van der Waals surface area (Å²) in [5.74, 6) is 0.382. The second-order valence-corrected chi connectivity index (χ2v) is 6.38. The van der Waals surface area contributed by atoms with Gasteiger partial charge in [0, 0.05) is 17.3 Å². The molecule has 0 spiro atoms. The van der Waals surface area contributed by atoms with Crippen LogP contribution in [-0.4, -0.2) is 23.6 Å². The Hall–Kier alpha value is -1.98. The van der Waals surface area contributed by atoms with Gasteiger partial charge in [-0.3, -0.25) is 0 Å². The van der Waals surface area contributed by atoms with Crippen LogP contribution in [0.25, 0.3) is 22.3 Å². The molecule has 0 fully saturated rings. The van der Waals surface area contributed by atoms with E-state index in [1.54, 1.807) is 11.3 Å². The summed E-state index contributed by atoms with van der Waals surface area (Å²) >= 11 is 1.69. The molecule has 0 saturated heterocycles. The lowest BCUT2D eigenvalue weighted by Crippen LogP contribution is -2.04. The number of nitrogens with zero attached hydrogens (tertiary/aromatic N) is 2. The van der Waals surface area contributed by atoms with E-state index in [0.29, 0.717) is 12.5 Å². The maximum Gasteiger partial charge on any atom is 0.183 e. The van der Waals surface area contributed by atoms with Gasteiger partial charge >= 0.3 is 0 Å². The summed E-state index contributed by atoms with van der Waals surface area (Å²) in [6.07, 6.45) is 0.950. The Morgan fingerprint density at radius 1 is 1.18 bits per heavy atom. The number of anilines is 1. The number of rotatable bonds is 5. The first-order chi connectivity index (χ1) is 10.7. The molecule has 0 amide bonds. The van der Waals surface area contributed by atoms with Crippen LogP contribution in [0.4, 0.5) is 5.13 Å². The standard InChI is InChI=1S/C17H20N4S/c1-11(9-10-18)16-15(21-17(19-2)22-16)14-8-7-12-5-3-4-6-13(12)20-14/h3-8,11H,9-10,18H2,1-2H3,(H,19,21). The molecule has 1 atom stereocenters. The molecule has 0 aliphatic carbocycles. The highest BCUT2D eigenvalue weighted by molar-refractivity contribution is 7.16. The predicted octanol–water partition coefficient (Wildman–Crippen LogP) is 3.85. The van der Waals surface area contributed by atoms with Crippen LogP contribution in [0.1, 0.15) is 24.1 Å². The topological polar surface area (TPSA) is 63.8 Å². The molecule has 114 valence electrons. The fourth-order valence-corrected chi connectivity index (χ4v) is 3.55. The van der Waals surface area contributed by atoms with Gasteiger partial charge in [-0.15, -0.1) is 11.3 Å². The Morgan fingerprint density at radius 3 is 2.77 bits per heavy atom. The quantitative estimate of drug-likeness (QED) is 0.751. The molecule has 3 N–H and O–H groups in total. The Morgan fingerprint density at radius 2 is 2.00 bits per heavy atom. The van der Waals surface area contributed by atoms with Crippen LogP contribution in [-0.2, 0) is 0 Å². The van der Waals surface area contributed by atoms with Crippen molar-refractivity contribution < 1.29 is 0 Å². The van der Waals surface area contributed by atoms with Gasteiger partial charge in [0.1, 0.15) is 5.69 Å². The highest BCUT2D eigenvalue weighted by Crippen LogP contribution is 2.37. The Balaban J connectivity index is 2.10. The summed E-state index contributed by atoms with van der Waals surface area (Å²) in [6.45, 7) is 2.88. The normalized spacial score (nSPS) is 12.5. The second kappa shape index (κ2) is 6.42. The summed E-state index contributed by atoms with van der Waals surface area (Å²) < 4.78 is 0. The molecule has 0 saturated carbocycles. The molecule has 0 radical (unpaired) electrons. The zero-order valence-electron chi connectivity index (χ0n) is 12.8. The largest absolute Gasteiger partial charge is 0.365 e. The zero-order chi connectivity index (χ0) is 15.5. The van der Waals surface area contributed by atoms with Crippen molar-refractivity contribution >= 4 is 27.4 Å². The van der Waals surface area contributed by atoms with Gasteiger partial charge in [0.15, 0.2) is 5.13 Å². The number of para-hydroxylation sites is 1. The fraction of sp³-hybridized carbons (Fsp3) is 0.294. The van der Waals surface area contributed by atoms with Gasteiger partial charge in [-0.1, -0.05) is 31.2 Å². The average molecular weight is 312 g/mol. The van der Waals surface area contributed by atoms with Crippen LogP contribution >= 0.6 is 11.3 Å². The SMILES string of the molecule is CNc1nc(-c2ccc3ccccc3n2)c(C(C)CCN)s1. The number of hydrogen-bond donors (Lipinski definition) is 2. The Labute approximate surface area is 134 Å². The Bertz CT molecular complexity index is 781. The van der Waals surface area contributed by atoms with E-state index in [0.717, 1.165) is 33.8 Å². The van der Waals surface area contributed by atoms with Crippen molar-refractivity contribution in [1.29, 1.82) is 0 Å². The molecule has 2 heterocycles. The summed E-state index contributed by atoms with van der Waals surface area (Å²) in [7, 11) is 1.90. The minimum absolute atomic E-state index is 0.382. The van der Waals surface area contributed by atoms with Crippen LogP contribution in [0.5, 0.6) is 0 Å². The van der Waals surface area contributed by atoms with Crippen molar-refractivity contribution in [2.45, 2.75) is 19.3 Å². The first kappa shape index (κ1) is 14.9. The summed E-state index contributed by atoms with van der Waals surface area (Å²) in [6, 6.07) is 12.3. The lowest BCUT2D eigenvalue weighted by Gasteiger charge is -2.09. The van der Waals surface area contributed by atoms with Crippen molar-refractivity contribution in [3.63, 3.8) is 0 Å². The molecule has 0 aliphatic rings. The van der Waals surface area contributed by atoms with Crippen molar-refractivity contribution in [2.24, 2.45) is 5.73 Å². The summed E-state index contributed by atoms with van der Waals surface area (Å²) in [5, 5.41) is 5.21. The van der Waals surface area contributed by atoms with E-state index in [1.807, 2.05) is 25.2 Å². The molecule has 22 heavy (non-hydrogen) atoms. The second-order valence-electron chi connectivity index (χ2n) is 5.35. The summed E-state index contributed by atoms with van der Waals surface area (Å²) in [5.41, 5.74) is 8.62. The van der Waals surface area contributed by atoms with E-state index in [1.165, 1.54) is 4.88 Å². The average Bonchev–Trinajstić information content (AvgIpc) is 2.99. The highest BCUT2D eigenvalue weighted by atomic mass is 32.1. The molecular formula is C17H20N4S. The van der Waals surface area contributed by atoms with Crippen molar-refractivity contribution in [2.75, 3.05) is 18.9 Å². The number of pyridine rings is 1. The molecule has 4 nitrogen and oxygen atoms in total. The number of hydrogen-bond acceptors (Lipinski definition) is 5. The Kier molecular flexibility index (Phi) is 4.36. The third kappa shape index (κ3) is 2.82. The molecule has 0 bridgehead atoms. The van der Waals surface area contributed by atoms with Gasteiger partial charge in [-0.2, -0.15) is 0 Å². The predicted molar refractivity (Wildman–Crippen MR) is 94.5 cm³/mol. The molecule has 3 aromatic rings. The minimum atomic E-state index is 0.382. The summed E-state index contributed by atoms with van der Waals surface area (Å²) in [4.78, 5) is 10.7. The lowest BCUT2D eigenvalue weighted by atomic mass is 10.0. The van der Waals surface area contributed by atoms with Crippen molar-refractivity contribution in [3.8, 4) is 11.4 Å². The molecule has 5 heteroatoms. The smallest absolute Gasteiger partial charge is 0.183 e. The van der Waals surface area contributed by atoms with E-state index in [2.05, 4.69) is 30.4 Å². The van der Waals surface area contributed by atoms with Gasteiger partial charge in [0.05, 0.1) is 11.2 Å². The van der Waals surface area contributed by atoms with E-state index in [4.69, 9.17) is 15.7 Å². The monoisotopic (exact) mass is 312 g/mol. The molecule has 0 aliphatic heterocycles. The highest BCUT2D eigenvalue weighted by Gasteiger charge is 2.18. The minimum Gasteiger partial charge on any atom is -0.365 e. The van der Waals surface area contributed by atoms with Crippen LogP contribution < -0.4 is 11.1 Å². The first-order valence-electron chi connectivity index (χ1n) is 7.47. The van der Waals surface area contributed by atoms with Crippen LogP contribution in [0.2, 0.25) is 0 Å². The number of thiazole rings is 1. The molecule has 1 aromatic carbocycles. The molecule has 3 rings (SSSR count). The van der Waals surface area contributed by atoms with Crippen molar-refractivity contribution in [1.82, 2.24) is 9.97 Å². The fourth-order valence-electron chi connectivity index (χ4n) is 2.54. The number of benzene rings is 1. The molecule has 2 aromatic heterocycles. The molecule has 1 unspecified atom stereocenters. The van der Waals surface area contributed by atoms with Gasteiger partial charge in [0.2, 0.25) is 0 Å². The van der Waals surface area contributed by atoms with Gasteiger partial charge in [-0.05, 0) is 31.0 Å². The number of nitrogens with one attached hydrogen (secondary N) is 1. The number of fused-ring (bicyclic) bond motifs is 1. The van der Waals surface area contributed by atoms with Crippen LogP contribution in [0.15, 0.2) is 36.4 Å². The van der Waals surface area contributed by atoms with Gasteiger partial charge in [0.25, 0.3) is 0 Å². The van der Waals surface area contributed by atoms with E-state index in [-0.39, 0.29) is 0 Å². The number of aromatic nitrogens is 2. The van der Waals surface area contributed by atoms with E-state index in [9.17, 15) is 0 Å². The third-order valence-corrected chi connectivity index (χ3v) is 5.06. The van der Waals surface area contributed by atoms with E-state index >= 15 is 0 Å². The third-order valence-electron chi connectivity index (χ3n) is 3.76. The maximum atomic E-state index is 5.72. The van der Waals surface area contributed by atoms with Crippen LogP contribution in [0.3, 0.4) is 0 Å². The molecular weight excluding hydrogens is 292 g/mol. The number of nitrogens with two attached hydrogens (primary N) is 1. The zero-order valence-corrected chi connectivity index (χ0v) is 13.7.